The summed E-state index contributed by atoms with van der Waals surface area (Å²) in [5.74, 6) is 0. The van der Waals surface area contributed by atoms with Crippen LogP contribution >= 0.6 is 0 Å². The topological polar surface area (TPSA) is 55.6 Å². The quantitative estimate of drug-likeness (QED) is 0.759. The van der Waals surface area contributed by atoms with Gasteiger partial charge in [0, 0.05) is 42.1 Å². The molecule has 18 heavy (non-hydrogen) atoms. The molecule has 5 heteroatoms. The third kappa shape index (κ3) is 2.02. The van der Waals surface area contributed by atoms with Crippen LogP contribution in [-0.4, -0.2) is 20.0 Å². The smallest absolute Gasteiger partial charge is 0.102 e. The van der Waals surface area contributed by atoms with Gasteiger partial charge in [-0.25, -0.2) is 0 Å². The molecule has 2 heterocycles. The predicted molar refractivity (Wildman–Crippen MR) is 70.1 cm³/mol. The van der Waals surface area contributed by atoms with E-state index in [4.69, 9.17) is 0 Å². The number of aryl methyl sites for hydroxylation is 1. The van der Waals surface area contributed by atoms with E-state index in [2.05, 4.69) is 32.7 Å². The maximum Gasteiger partial charge on any atom is 0.102 e. The van der Waals surface area contributed by atoms with E-state index in [1.54, 1.807) is 10.9 Å². The van der Waals surface area contributed by atoms with Crippen molar-refractivity contribution < 1.29 is 0 Å². The minimum absolute atomic E-state index is 0.662. The van der Waals surface area contributed by atoms with Gasteiger partial charge in [0.2, 0.25) is 0 Å². The van der Waals surface area contributed by atoms with Crippen molar-refractivity contribution in [1.29, 1.82) is 0 Å². The van der Waals surface area contributed by atoms with Gasteiger partial charge in [-0.05, 0) is 12.1 Å². The summed E-state index contributed by atoms with van der Waals surface area (Å²) in [5, 5.41) is 13.6. The minimum Gasteiger partial charge on any atom is -0.379 e. The Hall–Kier alpha value is -2.43. The molecule has 0 aliphatic carbocycles. The van der Waals surface area contributed by atoms with Crippen LogP contribution in [0.25, 0.3) is 10.8 Å². The first-order valence-electron chi connectivity index (χ1n) is 5.75. The number of anilines is 1. The molecule has 90 valence electrons. The van der Waals surface area contributed by atoms with Crippen molar-refractivity contribution in [2.45, 2.75) is 6.54 Å². The van der Waals surface area contributed by atoms with Crippen molar-refractivity contribution >= 4 is 16.5 Å². The minimum atomic E-state index is 0.662. The van der Waals surface area contributed by atoms with E-state index in [1.165, 1.54) is 0 Å². The van der Waals surface area contributed by atoms with Crippen LogP contribution < -0.4 is 5.32 Å². The summed E-state index contributed by atoms with van der Waals surface area (Å²) in [7, 11) is 1.86. The first-order valence-corrected chi connectivity index (χ1v) is 5.75. The first-order chi connectivity index (χ1) is 8.83. The standard InChI is InChI=1S/C13H13N5/c1-18-9-11(16-17-18)8-15-13-4-2-3-10-7-14-6-5-12(10)13/h2-7,9,15H,8H2,1H3. The average molecular weight is 239 g/mol. The predicted octanol–water partition coefficient (Wildman–Crippen LogP) is 1.98. The van der Waals surface area contributed by atoms with Gasteiger partial charge >= 0.3 is 0 Å². The van der Waals surface area contributed by atoms with E-state index in [1.807, 2.05) is 31.6 Å². The van der Waals surface area contributed by atoms with Crippen molar-refractivity contribution in [3.8, 4) is 0 Å². The number of benzene rings is 1. The summed E-state index contributed by atoms with van der Waals surface area (Å²) in [6.07, 6.45) is 5.57. The van der Waals surface area contributed by atoms with Crippen molar-refractivity contribution in [3.05, 3.63) is 48.5 Å². The van der Waals surface area contributed by atoms with Gasteiger partial charge in [0.15, 0.2) is 0 Å². The van der Waals surface area contributed by atoms with Crippen molar-refractivity contribution in [2.24, 2.45) is 7.05 Å². The normalized spacial score (nSPS) is 10.7. The van der Waals surface area contributed by atoms with Crippen LogP contribution in [0.3, 0.4) is 0 Å². The fourth-order valence-electron chi connectivity index (χ4n) is 1.94. The maximum atomic E-state index is 4.12. The van der Waals surface area contributed by atoms with Crippen molar-refractivity contribution in [1.82, 2.24) is 20.0 Å². The molecule has 1 N–H and O–H groups in total. The SMILES string of the molecule is Cn1cc(CNc2cccc3cnccc23)nn1. The maximum absolute atomic E-state index is 4.12. The van der Waals surface area contributed by atoms with Gasteiger partial charge in [-0.1, -0.05) is 17.3 Å². The van der Waals surface area contributed by atoms with Gasteiger partial charge in [0.1, 0.15) is 5.69 Å². The van der Waals surface area contributed by atoms with E-state index < -0.39 is 0 Å². The Bertz CT molecular complexity index is 668. The summed E-state index contributed by atoms with van der Waals surface area (Å²) in [4.78, 5) is 4.12. The lowest BCUT2D eigenvalue weighted by Crippen LogP contribution is -2.00. The molecule has 0 spiro atoms. The molecule has 0 saturated heterocycles. The third-order valence-electron chi connectivity index (χ3n) is 2.79. The monoisotopic (exact) mass is 239 g/mol. The molecule has 5 nitrogen and oxygen atoms in total. The van der Waals surface area contributed by atoms with Gasteiger partial charge in [0.25, 0.3) is 0 Å². The molecule has 0 saturated carbocycles. The fraction of sp³-hybridized carbons (Fsp3) is 0.154. The zero-order valence-electron chi connectivity index (χ0n) is 10.0. The highest BCUT2D eigenvalue weighted by molar-refractivity contribution is 5.93. The number of nitrogens with zero attached hydrogens (tertiary/aromatic N) is 4. The Morgan fingerprint density at radius 3 is 3.06 bits per heavy atom. The van der Waals surface area contributed by atoms with Gasteiger partial charge in [-0.2, -0.15) is 0 Å². The molecular formula is C13H13N5. The van der Waals surface area contributed by atoms with Gasteiger partial charge in [-0.3, -0.25) is 9.67 Å². The molecule has 0 unspecified atom stereocenters. The van der Waals surface area contributed by atoms with E-state index in [0.717, 1.165) is 22.2 Å². The van der Waals surface area contributed by atoms with Crippen LogP contribution in [0.1, 0.15) is 5.69 Å². The zero-order chi connectivity index (χ0) is 12.4. The first kappa shape index (κ1) is 10.7. The lowest BCUT2D eigenvalue weighted by molar-refractivity contribution is 0.713. The second kappa shape index (κ2) is 4.44. The molecule has 3 aromatic rings. The zero-order valence-corrected chi connectivity index (χ0v) is 10.0. The highest BCUT2D eigenvalue weighted by Crippen LogP contribution is 2.22. The van der Waals surface area contributed by atoms with Gasteiger partial charge < -0.3 is 5.32 Å². The molecule has 0 bridgehead atoms. The van der Waals surface area contributed by atoms with Gasteiger partial charge in [-0.15, -0.1) is 5.10 Å². The molecular weight excluding hydrogens is 226 g/mol. The molecule has 3 rings (SSSR count). The molecule has 0 amide bonds. The van der Waals surface area contributed by atoms with Crippen LogP contribution in [-0.2, 0) is 13.6 Å². The van der Waals surface area contributed by atoms with Crippen molar-refractivity contribution in [3.63, 3.8) is 0 Å². The largest absolute Gasteiger partial charge is 0.379 e. The number of hydrogen-bond acceptors (Lipinski definition) is 4. The second-order valence-corrected chi connectivity index (χ2v) is 4.14. The Labute approximate surface area is 104 Å². The summed E-state index contributed by atoms with van der Waals surface area (Å²) in [5.41, 5.74) is 2.00. The molecule has 0 atom stereocenters. The summed E-state index contributed by atoms with van der Waals surface area (Å²) >= 11 is 0. The summed E-state index contributed by atoms with van der Waals surface area (Å²) in [6, 6.07) is 8.13. The Balaban J connectivity index is 1.86. The summed E-state index contributed by atoms with van der Waals surface area (Å²) in [6.45, 7) is 0.662. The van der Waals surface area contributed by atoms with Crippen LogP contribution in [0, 0.1) is 0 Å². The Kier molecular flexibility index (Phi) is 2.64. The van der Waals surface area contributed by atoms with E-state index in [-0.39, 0.29) is 0 Å². The third-order valence-corrected chi connectivity index (χ3v) is 2.79. The lowest BCUT2D eigenvalue weighted by Gasteiger charge is -2.07. The fourth-order valence-corrected chi connectivity index (χ4v) is 1.94. The molecule has 0 fully saturated rings. The second-order valence-electron chi connectivity index (χ2n) is 4.14. The summed E-state index contributed by atoms with van der Waals surface area (Å²) < 4.78 is 1.70. The van der Waals surface area contributed by atoms with E-state index >= 15 is 0 Å². The van der Waals surface area contributed by atoms with Crippen molar-refractivity contribution in [2.75, 3.05) is 5.32 Å². The van der Waals surface area contributed by atoms with Crippen LogP contribution in [0.15, 0.2) is 42.9 Å². The molecule has 0 aliphatic heterocycles. The van der Waals surface area contributed by atoms with Crippen LogP contribution in [0.4, 0.5) is 5.69 Å². The van der Waals surface area contributed by atoms with E-state index in [9.17, 15) is 0 Å². The molecule has 2 aromatic heterocycles. The highest BCUT2D eigenvalue weighted by atomic mass is 15.4. The number of aromatic nitrogens is 4. The molecule has 0 aliphatic rings. The Morgan fingerprint density at radius 1 is 1.28 bits per heavy atom. The molecule has 0 radical (unpaired) electrons. The number of rotatable bonds is 3. The average Bonchev–Trinajstić information content (AvgIpc) is 2.82. The number of fused-ring (bicyclic) bond motifs is 1. The molecule has 1 aromatic carbocycles. The van der Waals surface area contributed by atoms with Gasteiger partial charge in [0.05, 0.1) is 6.54 Å². The number of hydrogen-bond donors (Lipinski definition) is 1. The number of nitrogens with one attached hydrogen (secondary N) is 1. The van der Waals surface area contributed by atoms with Crippen LogP contribution in [0.2, 0.25) is 0 Å². The lowest BCUT2D eigenvalue weighted by atomic mass is 10.1. The number of pyridine rings is 1. The van der Waals surface area contributed by atoms with E-state index in [0.29, 0.717) is 6.54 Å². The van der Waals surface area contributed by atoms with Crippen LogP contribution in [0.5, 0.6) is 0 Å². The Morgan fingerprint density at radius 2 is 2.22 bits per heavy atom. The highest BCUT2D eigenvalue weighted by Gasteiger charge is 2.02.